The molecule has 1 N–H and O–H groups in total. The van der Waals surface area contributed by atoms with Crippen molar-refractivity contribution in [2.75, 3.05) is 18.0 Å². The molecule has 0 saturated carbocycles. The Morgan fingerprint density at radius 1 is 1.24 bits per heavy atom. The molecule has 1 saturated heterocycles. The van der Waals surface area contributed by atoms with E-state index in [9.17, 15) is 0 Å². The van der Waals surface area contributed by atoms with Gasteiger partial charge in [0.05, 0.1) is 0 Å². The van der Waals surface area contributed by atoms with Gasteiger partial charge >= 0.3 is 0 Å². The summed E-state index contributed by atoms with van der Waals surface area (Å²) in [5.74, 6) is 0.796. The highest BCUT2D eigenvalue weighted by Crippen LogP contribution is 2.36. The summed E-state index contributed by atoms with van der Waals surface area (Å²) in [7, 11) is 0. The smallest absolute Gasteiger partial charge is 0.0443 e. The van der Waals surface area contributed by atoms with Gasteiger partial charge in [-0.15, -0.1) is 0 Å². The standard InChI is InChI=1S/C15H22N2/c1-11-7-8-16-10-15(11)17-12(2)9-13-5-3-4-6-14(13)17/h3-6,11-12,15-16H,7-10H2,1-2H3. The lowest BCUT2D eigenvalue weighted by atomic mass is 9.92. The zero-order valence-corrected chi connectivity index (χ0v) is 10.8. The van der Waals surface area contributed by atoms with E-state index in [0.29, 0.717) is 12.1 Å². The van der Waals surface area contributed by atoms with Crippen LogP contribution in [0.15, 0.2) is 24.3 Å². The fourth-order valence-electron chi connectivity index (χ4n) is 3.44. The van der Waals surface area contributed by atoms with Crippen molar-refractivity contribution in [1.29, 1.82) is 0 Å². The lowest BCUT2D eigenvalue weighted by Crippen LogP contribution is -2.52. The molecule has 2 aliphatic rings. The van der Waals surface area contributed by atoms with Crippen LogP contribution in [0.4, 0.5) is 5.69 Å². The summed E-state index contributed by atoms with van der Waals surface area (Å²) in [6, 6.07) is 10.2. The summed E-state index contributed by atoms with van der Waals surface area (Å²) in [4.78, 5) is 2.66. The first kappa shape index (κ1) is 11.1. The number of hydrogen-bond acceptors (Lipinski definition) is 2. The molecule has 3 unspecified atom stereocenters. The summed E-state index contributed by atoms with van der Waals surface area (Å²) in [5.41, 5.74) is 3.00. The maximum Gasteiger partial charge on any atom is 0.0443 e. The molecule has 0 aliphatic carbocycles. The monoisotopic (exact) mass is 230 g/mol. The first-order valence-corrected chi connectivity index (χ1v) is 6.84. The molecule has 2 heterocycles. The minimum atomic E-state index is 0.653. The Bertz CT molecular complexity index is 402. The van der Waals surface area contributed by atoms with Crippen molar-refractivity contribution in [3.05, 3.63) is 29.8 Å². The van der Waals surface area contributed by atoms with Gasteiger partial charge in [0.1, 0.15) is 0 Å². The molecular formula is C15H22N2. The number of fused-ring (bicyclic) bond motifs is 1. The van der Waals surface area contributed by atoms with E-state index >= 15 is 0 Å². The molecule has 3 atom stereocenters. The average molecular weight is 230 g/mol. The Morgan fingerprint density at radius 3 is 2.88 bits per heavy atom. The molecule has 0 amide bonds. The van der Waals surface area contributed by atoms with E-state index in [1.807, 2.05) is 0 Å². The average Bonchev–Trinajstić information content (AvgIpc) is 2.66. The molecule has 92 valence electrons. The lowest BCUT2D eigenvalue weighted by molar-refractivity contribution is 0.320. The molecule has 17 heavy (non-hydrogen) atoms. The van der Waals surface area contributed by atoms with Crippen LogP contribution in [0.3, 0.4) is 0 Å². The van der Waals surface area contributed by atoms with Crippen LogP contribution in [0.2, 0.25) is 0 Å². The highest BCUT2D eigenvalue weighted by molar-refractivity contribution is 5.60. The van der Waals surface area contributed by atoms with Crippen LogP contribution < -0.4 is 10.2 Å². The van der Waals surface area contributed by atoms with Crippen LogP contribution in [0.5, 0.6) is 0 Å². The van der Waals surface area contributed by atoms with Crippen molar-refractivity contribution in [1.82, 2.24) is 5.32 Å². The quantitative estimate of drug-likeness (QED) is 0.797. The van der Waals surface area contributed by atoms with Crippen molar-refractivity contribution >= 4 is 5.69 Å². The fraction of sp³-hybridized carbons (Fsp3) is 0.600. The summed E-state index contributed by atoms with van der Waals surface area (Å²) >= 11 is 0. The van der Waals surface area contributed by atoms with Crippen molar-refractivity contribution in [3.63, 3.8) is 0 Å². The third-order valence-electron chi connectivity index (χ3n) is 4.40. The van der Waals surface area contributed by atoms with Crippen LogP contribution in [0.1, 0.15) is 25.8 Å². The molecule has 3 rings (SSSR count). The van der Waals surface area contributed by atoms with Crippen LogP contribution in [-0.4, -0.2) is 25.2 Å². The van der Waals surface area contributed by atoms with Crippen molar-refractivity contribution in [3.8, 4) is 0 Å². The number of benzene rings is 1. The number of rotatable bonds is 1. The van der Waals surface area contributed by atoms with Gasteiger partial charge in [-0.3, -0.25) is 0 Å². The molecule has 0 bridgehead atoms. The molecular weight excluding hydrogens is 208 g/mol. The summed E-state index contributed by atoms with van der Waals surface area (Å²) in [6.07, 6.45) is 2.51. The molecule has 1 aromatic rings. The van der Waals surface area contributed by atoms with Gasteiger partial charge in [-0.1, -0.05) is 25.1 Å². The number of hydrogen-bond donors (Lipinski definition) is 1. The van der Waals surface area contributed by atoms with Gasteiger partial charge in [0.25, 0.3) is 0 Å². The largest absolute Gasteiger partial charge is 0.364 e. The van der Waals surface area contributed by atoms with Gasteiger partial charge in [-0.25, -0.2) is 0 Å². The third-order valence-corrected chi connectivity index (χ3v) is 4.40. The molecule has 0 spiro atoms. The molecule has 1 aromatic carbocycles. The molecule has 2 heteroatoms. The molecule has 2 aliphatic heterocycles. The highest BCUT2D eigenvalue weighted by Gasteiger charge is 2.35. The Morgan fingerprint density at radius 2 is 2.06 bits per heavy atom. The number of nitrogens with zero attached hydrogens (tertiary/aromatic N) is 1. The van der Waals surface area contributed by atoms with E-state index in [1.54, 1.807) is 0 Å². The predicted octanol–water partition coefficient (Wildman–Crippen LogP) is 2.44. The number of nitrogens with one attached hydrogen (secondary N) is 1. The lowest BCUT2D eigenvalue weighted by Gasteiger charge is -2.41. The molecule has 2 nitrogen and oxygen atoms in total. The van der Waals surface area contributed by atoms with Gasteiger partial charge in [0.2, 0.25) is 0 Å². The van der Waals surface area contributed by atoms with E-state index in [-0.39, 0.29) is 0 Å². The van der Waals surface area contributed by atoms with E-state index in [2.05, 4.69) is 48.3 Å². The van der Waals surface area contributed by atoms with Crippen LogP contribution in [0, 0.1) is 5.92 Å². The van der Waals surface area contributed by atoms with Crippen LogP contribution >= 0.6 is 0 Å². The maximum absolute atomic E-state index is 3.55. The van der Waals surface area contributed by atoms with Crippen molar-refractivity contribution in [2.24, 2.45) is 5.92 Å². The second kappa shape index (κ2) is 4.34. The van der Waals surface area contributed by atoms with E-state index in [4.69, 9.17) is 0 Å². The van der Waals surface area contributed by atoms with Gasteiger partial charge in [-0.2, -0.15) is 0 Å². The molecule has 1 fully saturated rings. The van der Waals surface area contributed by atoms with Gasteiger partial charge in [-0.05, 0) is 43.9 Å². The third kappa shape index (κ3) is 1.85. The normalized spacial score (nSPS) is 32.6. The highest BCUT2D eigenvalue weighted by atomic mass is 15.2. The minimum absolute atomic E-state index is 0.653. The minimum Gasteiger partial charge on any atom is -0.364 e. The first-order valence-electron chi connectivity index (χ1n) is 6.84. The van der Waals surface area contributed by atoms with Crippen LogP contribution in [0.25, 0.3) is 0 Å². The van der Waals surface area contributed by atoms with E-state index in [0.717, 1.165) is 12.5 Å². The maximum atomic E-state index is 3.55. The van der Waals surface area contributed by atoms with E-state index < -0.39 is 0 Å². The van der Waals surface area contributed by atoms with Crippen molar-refractivity contribution < 1.29 is 0 Å². The Labute approximate surface area is 104 Å². The first-order chi connectivity index (χ1) is 8.27. The number of piperidine rings is 1. The second-order valence-corrected chi connectivity index (χ2v) is 5.63. The number of anilines is 1. The second-order valence-electron chi connectivity index (χ2n) is 5.63. The predicted molar refractivity (Wildman–Crippen MR) is 72.5 cm³/mol. The van der Waals surface area contributed by atoms with E-state index in [1.165, 1.54) is 30.6 Å². The Balaban J connectivity index is 1.92. The SMILES string of the molecule is CC1CCNCC1N1c2ccccc2CC1C. The van der Waals surface area contributed by atoms with Crippen LogP contribution in [-0.2, 0) is 6.42 Å². The zero-order chi connectivity index (χ0) is 11.8. The molecule has 0 aromatic heterocycles. The Hall–Kier alpha value is -1.02. The topological polar surface area (TPSA) is 15.3 Å². The van der Waals surface area contributed by atoms with Gasteiger partial charge < -0.3 is 10.2 Å². The zero-order valence-electron chi connectivity index (χ0n) is 10.8. The Kier molecular flexibility index (Phi) is 2.83. The summed E-state index contributed by atoms with van der Waals surface area (Å²) in [5, 5.41) is 3.55. The molecule has 0 radical (unpaired) electrons. The van der Waals surface area contributed by atoms with Crippen molar-refractivity contribution in [2.45, 2.75) is 38.8 Å². The fourth-order valence-corrected chi connectivity index (χ4v) is 3.44. The van der Waals surface area contributed by atoms with Gasteiger partial charge in [0, 0.05) is 24.3 Å². The van der Waals surface area contributed by atoms with Gasteiger partial charge in [0.15, 0.2) is 0 Å². The summed E-state index contributed by atoms with van der Waals surface area (Å²) < 4.78 is 0. The number of para-hydroxylation sites is 1. The summed E-state index contributed by atoms with van der Waals surface area (Å²) in [6.45, 7) is 7.09.